The molecular weight excluding hydrogens is 440 g/mol. The average molecular weight is 460 g/mol. The van der Waals surface area contributed by atoms with Gasteiger partial charge in [-0.15, -0.1) is 0 Å². The Morgan fingerprint density at radius 2 is 0.971 bits per heavy atom. The van der Waals surface area contributed by atoms with E-state index in [4.69, 9.17) is 19.7 Å². The summed E-state index contributed by atoms with van der Waals surface area (Å²) in [4.78, 5) is 42.8. The van der Waals surface area contributed by atoms with Crippen LogP contribution in [0.4, 0.5) is 0 Å². The molecule has 0 fully saturated rings. The lowest BCUT2D eigenvalue weighted by molar-refractivity contribution is -0.132. The SMILES string of the molecule is CC(=O)Oc1ccc2cc3ccc(OC(C)=O)cc3cc2c1.O=C(O)c1cccc(C(=O)O)c1. The highest BCUT2D eigenvalue weighted by Crippen LogP contribution is 2.28. The molecule has 0 radical (unpaired) electrons. The number of carbonyl (C=O) groups excluding carboxylic acids is 2. The van der Waals surface area contributed by atoms with Gasteiger partial charge in [0.25, 0.3) is 0 Å². The Morgan fingerprint density at radius 3 is 1.35 bits per heavy atom. The number of carboxylic acid groups (broad SMARTS) is 2. The van der Waals surface area contributed by atoms with Gasteiger partial charge in [0.05, 0.1) is 11.1 Å². The predicted molar refractivity (Wildman–Crippen MR) is 124 cm³/mol. The van der Waals surface area contributed by atoms with Gasteiger partial charge in [0.1, 0.15) is 11.5 Å². The summed E-state index contributed by atoms with van der Waals surface area (Å²) in [7, 11) is 0. The lowest BCUT2D eigenvalue weighted by Crippen LogP contribution is -2.01. The smallest absolute Gasteiger partial charge is 0.335 e. The van der Waals surface area contributed by atoms with Crippen LogP contribution < -0.4 is 9.47 Å². The van der Waals surface area contributed by atoms with Gasteiger partial charge in [0, 0.05) is 13.8 Å². The van der Waals surface area contributed by atoms with Gasteiger partial charge in [-0.25, -0.2) is 9.59 Å². The van der Waals surface area contributed by atoms with E-state index in [1.165, 1.54) is 32.0 Å². The van der Waals surface area contributed by atoms with Crippen molar-refractivity contribution in [3.05, 3.63) is 83.9 Å². The number of rotatable bonds is 4. The van der Waals surface area contributed by atoms with Crippen molar-refractivity contribution >= 4 is 45.4 Å². The molecule has 0 aliphatic rings. The highest BCUT2D eigenvalue weighted by molar-refractivity contribution is 5.99. The van der Waals surface area contributed by atoms with Gasteiger partial charge >= 0.3 is 23.9 Å². The minimum Gasteiger partial charge on any atom is -0.478 e. The van der Waals surface area contributed by atoms with Gasteiger partial charge < -0.3 is 19.7 Å². The Kier molecular flexibility index (Phi) is 7.23. The number of aromatic carboxylic acids is 2. The van der Waals surface area contributed by atoms with Crippen molar-refractivity contribution in [3.8, 4) is 11.5 Å². The molecular formula is C26H20O8. The second kappa shape index (κ2) is 10.3. The molecule has 0 amide bonds. The van der Waals surface area contributed by atoms with E-state index in [9.17, 15) is 19.2 Å². The topological polar surface area (TPSA) is 127 Å². The molecule has 0 unspecified atom stereocenters. The second-order valence-electron chi connectivity index (χ2n) is 7.25. The van der Waals surface area contributed by atoms with E-state index in [1.807, 2.05) is 36.4 Å². The third-order valence-electron chi connectivity index (χ3n) is 4.62. The molecule has 4 aromatic rings. The maximum Gasteiger partial charge on any atom is 0.335 e. The number of ether oxygens (including phenoxy) is 2. The molecule has 4 rings (SSSR count). The number of fused-ring (bicyclic) bond motifs is 2. The minimum absolute atomic E-state index is 0.0186. The minimum atomic E-state index is -1.13. The van der Waals surface area contributed by atoms with Crippen LogP contribution in [0.1, 0.15) is 34.6 Å². The van der Waals surface area contributed by atoms with Crippen LogP contribution in [0.3, 0.4) is 0 Å². The molecule has 0 spiro atoms. The Morgan fingerprint density at radius 1 is 0.559 bits per heavy atom. The summed E-state index contributed by atoms with van der Waals surface area (Å²) in [5, 5.41) is 21.0. The van der Waals surface area contributed by atoms with Crippen LogP contribution in [0.2, 0.25) is 0 Å². The van der Waals surface area contributed by atoms with Crippen LogP contribution in [-0.2, 0) is 9.59 Å². The first-order chi connectivity index (χ1) is 16.1. The highest BCUT2D eigenvalue weighted by Gasteiger charge is 2.07. The van der Waals surface area contributed by atoms with Gasteiger partial charge in [-0.3, -0.25) is 9.59 Å². The molecule has 0 saturated heterocycles. The van der Waals surface area contributed by atoms with Crippen LogP contribution >= 0.6 is 0 Å². The van der Waals surface area contributed by atoms with Crippen molar-refractivity contribution in [2.24, 2.45) is 0 Å². The number of hydrogen-bond acceptors (Lipinski definition) is 6. The van der Waals surface area contributed by atoms with Crippen LogP contribution in [0.25, 0.3) is 21.5 Å². The van der Waals surface area contributed by atoms with Crippen molar-refractivity contribution in [2.75, 3.05) is 0 Å². The van der Waals surface area contributed by atoms with E-state index in [0.717, 1.165) is 27.6 Å². The van der Waals surface area contributed by atoms with E-state index in [-0.39, 0.29) is 23.1 Å². The van der Waals surface area contributed by atoms with Crippen molar-refractivity contribution < 1.29 is 38.9 Å². The lowest BCUT2D eigenvalue weighted by atomic mass is 10.0. The summed E-state index contributed by atoms with van der Waals surface area (Å²) in [5.41, 5.74) is -0.0372. The number of esters is 2. The Labute approximate surface area is 194 Å². The number of carboxylic acids is 2. The summed E-state index contributed by atoms with van der Waals surface area (Å²) in [6.45, 7) is 2.74. The molecule has 0 aliphatic heterocycles. The number of benzene rings is 4. The van der Waals surface area contributed by atoms with E-state index in [2.05, 4.69) is 0 Å². The third kappa shape index (κ3) is 6.17. The molecule has 0 atom stereocenters. The summed E-state index contributed by atoms with van der Waals surface area (Å²) >= 11 is 0. The summed E-state index contributed by atoms with van der Waals surface area (Å²) in [6.07, 6.45) is 0. The quantitative estimate of drug-likeness (QED) is 0.249. The van der Waals surface area contributed by atoms with Crippen molar-refractivity contribution in [1.82, 2.24) is 0 Å². The zero-order valence-electron chi connectivity index (χ0n) is 18.3. The molecule has 172 valence electrons. The molecule has 0 aliphatic carbocycles. The van der Waals surface area contributed by atoms with Crippen LogP contribution in [-0.4, -0.2) is 34.1 Å². The van der Waals surface area contributed by atoms with Gasteiger partial charge in [-0.2, -0.15) is 0 Å². The van der Waals surface area contributed by atoms with Crippen LogP contribution in [0.5, 0.6) is 11.5 Å². The van der Waals surface area contributed by atoms with Crippen molar-refractivity contribution in [3.63, 3.8) is 0 Å². The molecule has 34 heavy (non-hydrogen) atoms. The maximum atomic E-state index is 11.0. The normalized spacial score (nSPS) is 10.2. The molecule has 8 nitrogen and oxygen atoms in total. The molecule has 4 aromatic carbocycles. The summed E-state index contributed by atoms with van der Waals surface area (Å²) < 4.78 is 10.2. The summed E-state index contributed by atoms with van der Waals surface area (Å²) in [6, 6.07) is 20.2. The van der Waals surface area contributed by atoms with E-state index in [1.54, 1.807) is 12.1 Å². The fraction of sp³-hybridized carbons (Fsp3) is 0.0769. The van der Waals surface area contributed by atoms with Gasteiger partial charge in [-0.1, -0.05) is 18.2 Å². The molecule has 0 saturated carbocycles. The van der Waals surface area contributed by atoms with E-state index >= 15 is 0 Å². The van der Waals surface area contributed by atoms with Crippen molar-refractivity contribution in [1.29, 1.82) is 0 Å². The molecule has 0 bridgehead atoms. The first kappa shape index (κ1) is 23.9. The molecule has 2 N–H and O–H groups in total. The lowest BCUT2D eigenvalue weighted by Gasteiger charge is -2.07. The zero-order valence-corrected chi connectivity index (χ0v) is 18.3. The predicted octanol–water partition coefficient (Wildman–Crippen LogP) is 4.93. The first-order valence-corrected chi connectivity index (χ1v) is 10.0. The largest absolute Gasteiger partial charge is 0.478 e. The molecule has 0 heterocycles. The van der Waals surface area contributed by atoms with Crippen LogP contribution in [0.15, 0.2) is 72.8 Å². The van der Waals surface area contributed by atoms with E-state index < -0.39 is 11.9 Å². The Hall–Kier alpha value is -4.72. The Balaban J connectivity index is 0.000000229. The molecule has 8 heteroatoms. The van der Waals surface area contributed by atoms with Crippen LogP contribution in [0, 0.1) is 0 Å². The zero-order chi connectivity index (χ0) is 24.8. The van der Waals surface area contributed by atoms with Gasteiger partial charge in [0.15, 0.2) is 0 Å². The fourth-order valence-corrected chi connectivity index (χ4v) is 3.20. The fourth-order valence-electron chi connectivity index (χ4n) is 3.20. The number of hydrogen-bond donors (Lipinski definition) is 2. The standard InChI is InChI=1S/C18H14O4.C8H6O4/c1-11(19)21-17-5-3-13-7-14-4-6-18(22-12(2)20)10-16(14)8-15(13)9-17;9-7(10)5-2-1-3-6(4-5)8(11)12/h3-10H,1-2H3;1-4H,(H,9,10)(H,11,12). The average Bonchev–Trinajstić information content (AvgIpc) is 2.77. The van der Waals surface area contributed by atoms with Gasteiger partial charge in [0.2, 0.25) is 0 Å². The molecule has 0 aromatic heterocycles. The second-order valence-corrected chi connectivity index (χ2v) is 7.25. The third-order valence-corrected chi connectivity index (χ3v) is 4.62. The van der Waals surface area contributed by atoms with E-state index in [0.29, 0.717) is 11.5 Å². The maximum absolute atomic E-state index is 11.0. The van der Waals surface area contributed by atoms with Gasteiger partial charge in [-0.05, 0) is 76.1 Å². The number of carbonyl (C=O) groups is 4. The first-order valence-electron chi connectivity index (χ1n) is 10.0. The van der Waals surface area contributed by atoms with Crippen molar-refractivity contribution in [2.45, 2.75) is 13.8 Å². The Bertz CT molecular complexity index is 1320. The highest BCUT2D eigenvalue weighted by atomic mass is 16.5. The summed E-state index contributed by atoms with van der Waals surface area (Å²) in [5.74, 6) is -1.93. The monoisotopic (exact) mass is 460 g/mol.